The zero-order valence-electron chi connectivity index (χ0n) is 22.7. The van der Waals surface area contributed by atoms with Crippen molar-refractivity contribution in [2.75, 3.05) is 50.1 Å². The maximum atomic E-state index is 13.2. The summed E-state index contributed by atoms with van der Waals surface area (Å²) in [5.74, 6) is 1.32. The molecular weight excluding hydrogens is 504 g/mol. The van der Waals surface area contributed by atoms with Crippen LogP contribution in [0.3, 0.4) is 0 Å². The Hall–Kier alpha value is -4.39. The Kier molecular flexibility index (Phi) is 8.91. The van der Waals surface area contributed by atoms with Crippen molar-refractivity contribution in [1.29, 1.82) is 5.26 Å². The fourth-order valence-electron chi connectivity index (χ4n) is 4.79. The molecule has 0 aliphatic carbocycles. The Morgan fingerprint density at radius 3 is 2.67 bits per heavy atom. The van der Waals surface area contributed by atoms with Gasteiger partial charge in [0, 0.05) is 36.5 Å². The molecule has 5 rings (SSSR count). The van der Waals surface area contributed by atoms with Crippen LogP contribution in [-0.2, 0) is 11.2 Å². The molecule has 9 nitrogen and oxygen atoms in total. The van der Waals surface area contributed by atoms with Crippen molar-refractivity contribution in [3.8, 4) is 17.5 Å². The summed E-state index contributed by atoms with van der Waals surface area (Å²) in [6, 6.07) is 22.5. The van der Waals surface area contributed by atoms with E-state index in [9.17, 15) is 10.1 Å². The number of benzene rings is 3. The third kappa shape index (κ3) is 6.60. The van der Waals surface area contributed by atoms with Gasteiger partial charge in [0.1, 0.15) is 18.2 Å². The lowest BCUT2D eigenvalue weighted by molar-refractivity contribution is 0.0323. The molecule has 1 aromatic heterocycles. The molecule has 9 heteroatoms. The largest absolute Gasteiger partial charge is 0.492 e. The third-order valence-electron chi connectivity index (χ3n) is 6.91. The van der Waals surface area contributed by atoms with E-state index in [1.165, 1.54) is 0 Å². The number of nitriles is 1. The Bertz CT molecular complexity index is 1500. The number of ether oxygens (including phenoxy) is 2. The Morgan fingerprint density at radius 1 is 1.05 bits per heavy atom. The highest BCUT2D eigenvalue weighted by Gasteiger charge is 2.16. The van der Waals surface area contributed by atoms with Gasteiger partial charge in [-0.1, -0.05) is 43.7 Å². The lowest BCUT2D eigenvalue weighted by Crippen LogP contribution is -2.38. The quantitative estimate of drug-likeness (QED) is 0.273. The topological polar surface area (TPSA) is 104 Å². The molecule has 0 unspecified atom stereocenters. The molecule has 0 radical (unpaired) electrons. The molecule has 2 N–H and O–H groups in total. The van der Waals surface area contributed by atoms with Gasteiger partial charge in [0.25, 0.3) is 0 Å². The van der Waals surface area contributed by atoms with Crippen molar-refractivity contribution in [2.24, 2.45) is 0 Å². The number of morpholine rings is 1. The Balaban J connectivity index is 1.32. The van der Waals surface area contributed by atoms with Crippen LogP contribution in [0, 0.1) is 11.3 Å². The number of nitrogens with zero attached hydrogens (tertiary/aromatic N) is 4. The monoisotopic (exact) mass is 538 g/mol. The molecular formula is C31H34N6O3. The van der Waals surface area contributed by atoms with Crippen molar-refractivity contribution < 1.29 is 14.3 Å². The smallest absolute Gasteiger partial charge is 0.324 e. The molecule has 0 bridgehead atoms. The molecule has 206 valence electrons. The van der Waals surface area contributed by atoms with E-state index in [0.29, 0.717) is 29.4 Å². The van der Waals surface area contributed by atoms with Crippen LogP contribution in [0.15, 0.2) is 66.7 Å². The van der Waals surface area contributed by atoms with Crippen LogP contribution >= 0.6 is 0 Å². The summed E-state index contributed by atoms with van der Waals surface area (Å²) in [4.78, 5) is 15.6. The maximum absolute atomic E-state index is 13.2. The molecule has 1 fully saturated rings. The van der Waals surface area contributed by atoms with Crippen molar-refractivity contribution in [2.45, 2.75) is 26.2 Å². The molecule has 2 amide bonds. The van der Waals surface area contributed by atoms with Gasteiger partial charge in [-0.15, -0.1) is 0 Å². The second-order valence-electron chi connectivity index (χ2n) is 9.74. The predicted octanol–water partition coefficient (Wildman–Crippen LogP) is 5.59. The summed E-state index contributed by atoms with van der Waals surface area (Å²) in [5.41, 5.74) is 2.79. The van der Waals surface area contributed by atoms with Crippen molar-refractivity contribution in [3.05, 3.63) is 78.0 Å². The zero-order valence-corrected chi connectivity index (χ0v) is 22.7. The van der Waals surface area contributed by atoms with Crippen LogP contribution in [0.25, 0.3) is 16.5 Å². The van der Waals surface area contributed by atoms with E-state index in [-0.39, 0.29) is 6.03 Å². The number of urea groups is 1. The third-order valence-corrected chi connectivity index (χ3v) is 6.91. The first-order chi connectivity index (χ1) is 19.6. The van der Waals surface area contributed by atoms with Gasteiger partial charge in [0.2, 0.25) is 0 Å². The van der Waals surface area contributed by atoms with Gasteiger partial charge in [-0.3, -0.25) is 10.2 Å². The molecule has 0 atom stereocenters. The van der Waals surface area contributed by atoms with Gasteiger partial charge in [-0.25, -0.2) is 9.48 Å². The molecule has 0 spiro atoms. The maximum Gasteiger partial charge on any atom is 0.324 e. The highest BCUT2D eigenvalue weighted by molar-refractivity contribution is 6.07. The van der Waals surface area contributed by atoms with Gasteiger partial charge in [-0.2, -0.15) is 10.4 Å². The minimum Gasteiger partial charge on any atom is -0.492 e. The first-order valence-corrected chi connectivity index (χ1v) is 13.8. The fraction of sp³-hybridized carbons (Fsp3) is 0.323. The summed E-state index contributed by atoms with van der Waals surface area (Å²) in [7, 11) is 0. The first kappa shape index (κ1) is 27.2. The Morgan fingerprint density at radius 2 is 1.88 bits per heavy atom. The van der Waals surface area contributed by atoms with E-state index in [1.54, 1.807) is 16.8 Å². The van der Waals surface area contributed by atoms with E-state index >= 15 is 0 Å². The van der Waals surface area contributed by atoms with Gasteiger partial charge < -0.3 is 14.8 Å². The average Bonchev–Trinajstić information content (AvgIpc) is 3.39. The van der Waals surface area contributed by atoms with Crippen molar-refractivity contribution in [3.63, 3.8) is 0 Å². The molecule has 1 saturated heterocycles. The number of aryl methyl sites for hydroxylation is 1. The number of aromatic nitrogens is 2. The summed E-state index contributed by atoms with van der Waals surface area (Å²) in [5, 5.41) is 21.8. The number of rotatable bonds is 10. The molecule has 1 aliphatic rings. The summed E-state index contributed by atoms with van der Waals surface area (Å²) in [6.07, 6.45) is 2.84. The molecule has 3 aromatic carbocycles. The van der Waals surface area contributed by atoms with E-state index in [4.69, 9.17) is 14.6 Å². The van der Waals surface area contributed by atoms with Crippen molar-refractivity contribution >= 4 is 28.3 Å². The number of hydrogen-bond donors (Lipinski definition) is 2. The zero-order chi connectivity index (χ0) is 27.7. The van der Waals surface area contributed by atoms with Crippen molar-refractivity contribution in [1.82, 2.24) is 14.7 Å². The predicted molar refractivity (Wildman–Crippen MR) is 156 cm³/mol. The van der Waals surface area contributed by atoms with Crippen LogP contribution < -0.4 is 15.4 Å². The number of fused-ring (bicyclic) bond motifs is 1. The number of carbonyl (C=O) groups is 1. The van der Waals surface area contributed by atoms with Gasteiger partial charge in [-0.05, 0) is 43.2 Å². The van der Waals surface area contributed by atoms with Gasteiger partial charge in [0.15, 0.2) is 0 Å². The lowest BCUT2D eigenvalue weighted by Gasteiger charge is -2.26. The summed E-state index contributed by atoms with van der Waals surface area (Å²) < 4.78 is 13.2. The number of anilines is 2. The molecule has 0 saturated carbocycles. The SMILES string of the molecule is CCCCc1cc(NC(=O)Nc2ccc(OCCN3CCOCC3)c3ccccc23)n(-c2cccc(C#N)c2)n1. The first-order valence-electron chi connectivity index (χ1n) is 13.8. The Labute approximate surface area is 234 Å². The minimum absolute atomic E-state index is 0.384. The van der Waals surface area contributed by atoms with Crippen LogP contribution in [-0.4, -0.2) is 60.2 Å². The fourth-order valence-corrected chi connectivity index (χ4v) is 4.79. The van der Waals surface area contributed by atoms with Gasteiger partial charge >= 0.3 is 6.03 Å². The van der Waals surface area contributed by atoms with E-state index in [1.807, 2.05) is 54.6 Å². The number of amides is 2. The second-order valence-corrected chi connectivity index (χ2v) is 9.74. The minimum atomic E-state index is -0.384. The van der Waals surface area contributed by atoms with Crippen LogP contribution in [0.5, 0.6) is 5.75 Å². The highest BCUT2D eigenvalue weighted by Crippen LogP contribution is 2.32. The number of carbonyl (C=O) groups excluding carboxylic acids is 1. The molecule has 2 heterocycles. The molecule has 1 aliphatic heterocycles. The van der Waals surface area contributed by atoms with E-state index in [2.05, 4.69) is 28.5 Å². The normalized spacial score (nSPS) is 13.6. The summed E-state index contributed by atoms with van der Waals surface area (Å²) in [6.45, 7) is 6.91. The lowest BCUT2D eigenvalue weighted by atomic mass is 10.1. The number of hydrogen-bond acceptors (Lipinski definition) is 6. The standard InChI is InChI=1S/C31H34N6O3/c1-2-3-8-24-21-30(37(35-24)25-9-6-7-23(20-25)22-32)34-31(38)33-28-12-13-29(27-11-5-4-10-26(27)28)40-19-16-36-14-17-39-18-15-36/h4-7,9-13,20-21H,2-3,8,14-19H2,1H3,(H2,33,34,38). The van der Waals surface area contributed by atoms with Crippen LogP contribution in [0.4, 0.5) is 16.3 Å². The van der Waals surface area contributed by atoms with Gasteiger partial charge in [0.05, 0.1) is 41.9 Å². The molecule has 40 heavy (non-hydrogen) atoms. The van der Waals surface area contributed by atoms with E-state index < -0.39 is 0 Å². The molecule has 4 aromatic rings. The average molecular weight is 539 g/mol. The summed E-state index contributed by atoms with van der Waals surface area (Å²) >= 11 is 0. The van der Waals surface area contributed by atoms with Crippen LogP contribution in [0.2, 0.25) is 0 Å². The number of nitrogens with one attached hydrogen (secondary N) is 2. The second kappa shape index (κ2) is 13.1. The van der Waals surface area contributed by atoms with E-state index in [0.717, 1.165) is 74.3 Å². The highest BCUT2D eigenvalue weighted by atomic mass is 16.5. The number of unbranched alkanes of at least 4 members (excludes halogenated alkanes) is 1. The van der Waals surface area contributed by atoms with Crippen LogP contribution in [0.1, 0.15) is 31.0 Å².